The van der Waals surface area contributed by atoms with E-state index in [9.17, 15) is 27.2 Å². The van der Waals surface area contributed by atoms with Gasteiger partial charge < -0.3 is 4.90 Å². The second-order valence-corrected chi connectivity index (χ2v) is 10.5. The van der Waals surface area contributed by atoms with Crippen LogP contribution in [0.5, 0.6) is 0 Å². The standard InChI is InChI=1S/C26H23F5N4O2S/c1-3-20(36)33-8-9-34(14(2)13-33)21-6-7-35-23-15(12-32-25(35)37)10-18(26(29,30)31)22(24(23)38-21)17-5-4-16(27)11-19(17)28/h3-5,10-12,14,21H,1,6-9,13H2,2H3/t14-,21?/m0/s1. The van der Waals surface area contributed by atoms with E-state index < -0.39 is 40.2 Å². The molecule has 1 unspecified atom stereocenters. The molecule has 3 aromatic rings. The molecule has 2 aliphatic heterocycles. The Hall–Kier alpha value is -3.25. The molecule has 200 valence electrons. The average Bonchev–Trinajstić information content (AvgIpc) is 3.06. The van der Waals surface area contributed by atoms with Crippen LogP contribution in [0, 0.1) is 11.6 Å². The highest BCUT2D eigenvalue weighted by Gasteiger charge is 2.40. The molecule has 2 aromatic carbocycles. The second-order valence-electron chi connectivity index (χ2n) is 9.32. The maximum Gasteiger partial charge on any atom is 0.417 e. The second kappa shape index (κ2) is 9.81. The van der Waals surface area contributed by atoms with Crippen molar-refractivity contribution in [1.29, 1.82) is 0 Å². The van der Waals surface area contributed by atoms with Crippen LogP contribution in [0.1, 0.15) is 18.9 Å². The van der Waals surface area contributed by atoms with E-state index >= 15 is 4.39 Å². The lowest BCUT2D eigenvalue weighted by Gasteiger charge is -2.43. The number of thioether (sulfide) groups is 1. The topological polar surface area (TPSA) is 58.4 Å². The third kappa shape index (κ3) is 4.60. The summed E-state index contributed by atoms with van der Waals surface area (Å²) in [6.07, 6.45) is -2.14. The molecule has 0 bridgehead atoms. The first kappa shape index (κ1) is 26.4. The molecule has 3 heterocycles. The van der Waals surface area contributed by atoms with E-state index in [2.05, 4.69) is 16.5 Å². The van der Waals surface area contributed by atoms with Crippen LogP contribution in [0.2, 0.25) is 0 Å². The summed E-state index contributed by atoms with van der Waals surface area (Å²) in [4.78, 5) is 32.5. The minimum absolute atomic E-state index is 0.0825. The lowest BCUT2D eigenvalue weighted by Crippen LogP contribution is -2.55. The molecule has 0 N–H and O–H groups in total. The molecule has 5 rings (SSSR count). The highest BCUT2D eigenvalue weighted by atomic mass is 32.2. The van der Waals surface area contributed by atoms with Gasteiger partial charge in [0.1, 0.15) is 11.6 Å². The van der Waals surface area contributed by atoms with Crippen molar-refractivity contribution in [2.45, 2.75) is 42.4 Å². The predicted octanol–water partition coefficient (Wildman–Crippen LogP) is 4.90. The van der Waals surface area contributed by atoms with Crippen molar-refractivity contribution in [2.24, 2.45) is 0 Å². The molecule has 1 saturated heterocycles. The van der Waals surface area contributed by atoms with Gasteiger partial charge in [-0.3, -0.25) is 14.3 Å². The molecule has 2 aliphatic rings. The van der Waals surface area contributed by atoms with E-state index in [1.807, 2.05) is 6.92 Å². The summed E-state index contributed by atoms with van der Waals surface area (Å²) < 4.78 is 73.3. The number of carbonyl (C=O) groups is 1. The van der Waals surface area contributed by atoms with Gasteiger partial charge in [-0.1, -0.05) is 6.58 Å². The number of aryl methyl sites for hydroxylation is 1. The van der Waals surface area contributed by atoms with E-state index in [0.29, 0.717) is 32.1 Å². The van der Waals surface area contributed by atoms with Crippen molar-refractivity contribution in [1.82, 2.24) is 19.4 Å². The summed E-state index contributed by atoms with van der Waals surface area (Å²) in [5.74, 6) is -2.26. The zero-order chi connectivity index (χ0) is 27.4. The van der Waals surface area contributed by atoms with E-state index in [0.717, 1.165) is 36.2 Å². The molecule has 12 heteroatoms. The fourth-order valence-electron chi connectivity index (χ4n) is 5.24. The monoisotopic (exact) mass is 550 g/mol. The van der Waals surface area contributed by atoms with Gasteiger partial charge in [-0.2, -0.15) is 13.2 Å². The first-order valence-corrected chi connectivity index (χ1v) is 12.8. The molecule has 0 radical (unpaired) electrons. The Morgan fingerprint density at radius 3 is 2.61 bits per heavy atom. The third-order valence-electron chi connectivity index (χ3n) is 6.99. The number of benzene rings is 2. The van der Waals surface area contributed by atoms with Crippen molar-refractivity contribution in [3.63, 3.8) is 0 Å². The van der Waals surface area contributed by atoms with Crippen molar-refractivity contribution in [3.05, 3.63) is 70.8 Å². The SMILES string of the molecule is C=CC(=O)N1CCN(C2CCn3c(=O)ncc4cc(C(F)(F)F)c(-c5ccc(F)cc5F)c(c43)S2)[C@@H](C)C1. The van der Waals surface area contributed by atoms with E-state index in [-0.39, 0.29) is 39.7 Å². The summed E-state index contributed by atoms with van der Waals surface area (Å²) in [6, 6.07) is 3.16. The van der Waals surface area contributed by atoms with Crippen LogP contribution in [0.4, 0.5) is 22.0 Å². The number of amides is 1. The van der Waals surface area contributed by atoms with Gasteiger partial charge >= 0.3 is 11.9 Å². The number of rotatable bonds is 3. The number of piperazine rings is 1. The molecule has 1 amide bonds. The van der Waals surface area contributed by atoms with Crippen molar-refractivity contribution >= 4 is 28.6 Å². The quantitative estimate of drug-likeness (QED) is 0.343. The lowest BCUT2D eigenvalue weighted by atomic mass is 9.96. The number of nitrogens with zero attached hydrogens (tertiary/aromatic N) is 4. The Morgan fingerprint density at radius 1 is 1.18 bits per heavy atom. The molecule has 6 nitrogen and oxygen atoms in total. The van der Waals surface area contributed by atoms with Crippen LogP contribution < -0.4 is 5.69 Å². The minimum atomic E-state index is -4.87. The summed E-state index contributed by atoms with van der Waals surface area (Å²) in [7, 11) is 0. The largest absolute Gasteiger partial charge is 0.417 e. The smallest absolute Gasteiger partial charge is 0.336 e. The van der Waals surface area contributed by atoms with E-state index in [1.54, 1.807) is 4.90 Å². The molecular formula is C26H23F5N4O2S. The van der Waals surface area contributed by atoms with Gasteiger partial charge in [0.15, 0.2) is 0 Å². The molecule has 38 heavy (non-hydrogen) atoms. The van der Waals surface area contributed by atoms with Crippen LogP contribution in [0.3, 0.4) is 0 Å². The number of carbonyl (C=O) groups excluding carboxylic acids is 1. The zero-order valence-electron chi connectivity index (χ0n) is 20.3. The maximum atomic E-state index is 15.0. The van der Waals surface area contributed by atoms with Crippen LogP contribution in [0.25, 0.3) is 22.0 Å². The Kier molecular flexibility index (Phi) is 6.80. The molecular weight excluding hydrogens is 527 g/mol. The molecule has 0 aliphatic carbocycles. The van der Waals surface area contributed by atoms with Gasteiger partial charge in [-0.05, 0) is 37.6 Å². The molecule has 1 fully saturated rings. The van der Waals surface area contributed by atoms with E-state index in [4.69, 9.17) is 0 Å². The molecule has 1 aromatic heterocycles. The minimum Gasteiger partial charge on any atom is -0.336 e. The first-order valence-electron chi connectivity index (χ1n) is 11.9. The highest BCUT2D eigenvalue weighted by Crippen LogP contribution is 2.49. The van der Waals surface area contributed by atoms with Crippen molar-refractivity contribution < 1.29 is 26.7 Å². The van der Waals surface area contributed by atoms with Crippen molar-refractivity contribution in [3.8, 4) is 11.1 Å². The summed E-state index contributed by atoms with van der Waals surface area (Å²) in [5, 5.41) is -0.292. The predicted molar refractivity (Wildman–Crippen MR) is 134 cm³/mol. The van der Waals surface area contributed by atoms with Gasteiger partial charge in [0, 0.05) is 65.9 Å². The van der Waals surface area contributed by atoms with Crippen molar-refractivity contribution in [2.75, 3.05) is 19.6 Å². The maximum absolute atomic E-state index is 15.0. The van der Waals surface area contributed by atoms with E-state index in [1.165, 1.54) is 10.6 Å². The summed E-state index contributed by atoms with van der Waals surface area (Å²) in [5.41, 5.74) is -2.34. The Bertz CT molecular complexity index is 1510. The third-order valence-corrected chi connectivity index (χ3v) is 8.41. The molecule has 2 atom stereocenters. The fourth-order valence-corrected chi connectivity index (χ4v) is 6.86. The normalized spacial score (nSPS) is 20.4. The zero-order valence-corrected chi connectivity index (χ0v) is 21.1. The van der Waals surface area contributed by atoms with Crippen LogP contribution in [-0.4, -0.2) is 56.3 Å². The van der Waals surface area contributed by atoms with Gasteiger partial charge in [-0.15, -0.1) is 11.8 Å². The van der Waals surface area contributed by atoms with Gasteiger partial charge in [0.05, 0.1) is 16.5 Å². The summed E-state index contributed by atoms with van der Waals surface area (Å²) in [6.45, 7) is 6.86. The number of aromatic nitrogens is 2. The molecule has 0 saturated carbocycles. The highest BCUT2D eigenvalue weighted by molar-refractivity contribution is 8.00. The number of halogens is 5. The lowest BCUT2D eigenvalue weighted by molar-refractivity contribution is -0.137. The molecule has 0 spiro atoms. The fraction of sp³-hybridized carbons (Fsp3) is 0.346. The van der Waals surface area contributed by atoms with Gasteiger partial charge in [-0.25, -0.2) is 18.6 Å². The number of hydrogen-bond acceptors (Lipinski definition) is 5. The van der Waals surface area contributed by atoms with Crippen LogP contribution in [0.15, 0.2) is 52.8 Å². The van der Waals surface area contributed by atoms with Crippen LogP contribution in [-0.2, 0) is 17.5 Å². The first-order chi connectivity index (χ1) is 18.0. The van der Waals surface area contributed by atoms with Gasteiger partial charge in [0.2, 0.25) is 5.91 Å². The van der Waals surface area contributed by atoms with Crippen LogP contribution >= 0.6 is 11.8 Å². The Balaban J connectivity index is 1.71. The average molecular weight is 551 g/mol. The number of alkyl halides is 3. The Morgan fingerprint density at radius 2 is 1.95 bits per heavy atom. The summed E-state index contributed by atoms with van der Waals surface area (Å²) >= 11 is 1.12. The van der Waals surface area contributed by atoms with Gasteiger partial charge in [0.25, 0.3) is 0 Å². The Labute approximate surface area is 218 Å². The number of hydrogen-bond donors (Lipinski definition) is 0.